The van der Waals surface area contributed by atoms with E-state index in [1.54, 1.807) is 43.6 Å². The molecule has 1 aromatic heterocycles. The number of carbonyl (C=O) groups is 1. The first-order valence-electron chi connectivity index (χ1n) is 15.2. The van der Waals surface area contributed by atoms with E-state index in [1.165, 1.54) is 25.5 Å². The van der Waals surface area contributed by atoms with E-state index < -0.39 is 27.5 Å². The van der Waals surface area contributed by atoms with E-state index in [4.69, 9.17) is 25.5 Å². The summed E-state index contributed by atoms with van der Waals surface area (Å²) >= 11 is 6.64. The maximum absolute atomic E-state index is 15.4. The third kappa shape index (κ3) is 5.34. The second-order valence-electron chi connectivity index (χ2n) is 11.9. The normalized spacial score (nSPS) is 20.0. The van der Waals surface area contributed by atoms with Crippen LogP contribution in [-0.2, 0) is 26.9 Å². The lowest BCUT2D eigenvalue weighted by Gasteiger charge is -2.41. The van der Waals surface area contributed by atoms with Crippen LogP contribution in [0.25, 0.3) is 0 Å². The van der Waals surface area contributed by atoms with Gasteiger partial charge in [0.05, 0.1) is 37.0 Å². The number of ether oxygens (including phenoxy) is 2. The van der Waals surface area contributed by atoms with E-state index in [0.29, 0.717) is 59.0 Å². The minimum absolute atomic E-state index is 0.0532. The van der Waals surface area contributed by atoms with Gasteiger partial charge in [-0.2, -0.15) is 0 Å². The molecule has 1 N–H and O–H groups in total. The number of fused-ring (bicyclic) bond motifs is 1. The number of nitrogens with zero attached hydrogens (tertiary/aromatic N) is 3. The van der Waals surface area contributed by atoms with Gasteiger partial charge in [0.25, 0.3) is 15.9 Å². The molecule has 242 valence electrons. The SMILES string of the molecule is COc1ccc(S(=O)(=O)N2C(=O)C(c3ccc(CNCC(C)C)cc3OC)(N3CCCC3c3ncco3)c3cc(Cl)ccc32)cc1. The van der Waals surface area contributed by atoms with Gasteiger partial charge in [0.1, 0.15) is 17.8 Å². The van der Waals surface area contributed by atoms with Gasteiger partial charge in [-0.3, -0.25) is 9.69 Å². The number of aromatic nitrogens is 1. The molecule has 2 atom stereocenters. The summed E-state index contributed by atoms with van der Waals surface area (Å²) in [5, 5.41) is 3.81. The smallest absolute Gasteiger partial charge is 0.271 e. The van der Waals surface area contributed by atoms with Crippen molar-refractivity contribution < 1.29 is 27.1 Å². The molecular weight excluding hydrogens is 628 g/mol. The van der Waals surface area contributed by atoms with Gasteiger partial charge in [-0.1, -0.05) is 37.6 Å². The maximum Gasteiger partial charge on any atom is 0.271 e. The van der Waals surface area contributed by atoms with Crippen molar-refractivity contribution in [3.63, 3.8) is 0 Å². The third-order valence-electron chi connectivity index (χ3n) is 8.62. The number of oxazole rings is 1. The third-order valence-corrected chi connectivity index (χ3v) is 10.6. The van der Waals surface area contributed by atoms with E-state index in [1.807, 2.05) is 23.1 Å². The highest BCUT2D eigenvalue weighted by Gasteiger charge is 2.62. The van der Waals surface area contributed by atoms with Crippen molar-refractivity contribution in [1.82, 2.24) is 15.2 Å². The van der Waals surface area contributed by atoms with Gasteiger partial charge in [0.15, 0.2) is 5.54 Å². The van der Waals surface area contributed by atoms with Crippen LogP contribution in [-0.4, -0.2) is 51.5 Å². The summed E-state index contributed by atoms with van der Waals surface area (Å²) in [5.74, 6) is 1.20. The average Bonchev–Trinajstić information content (AvgIpc) is 3.80. The van der Waals surface area contributed by atoms with Crippen LogP contribution < -0.4 is 19.1 Å². The molecule has 2 aliphatic heterocycles. The maximum atomic E-state index is 15.4. The number of anilines is 1. The fourth-order valence-electron chi connectivity index (χ4n) is 6.60. The number of halogens is 1. The number of rotatable bonds is 11. The zero-order valence-electron chi connectivity index (χ0n) is 26.2. The number of benzene rings is 3. The molecular formula is C34H37ClN4O6S. The van der Waals surface area contributed by atoms with Crippen molar-refractivity contribution >= 4 is 33.2 Å². The molecule has 3 aromatic carbocycles. The first-order valence-corrected chi connectivity index (χ1v) is 17.0. The predicted octanol–water partition coefficient (Wildman–Crippen LogP) is 5.91. The number of hydrogen-bond acceptors (Lipinski definition) is 9. The van der Waals surface area contributed by atoms with Gasteiger partial charge in [-0.25, -0.2) is 17.7 Å². The first kappa shape index (κ1) is 32.1. The molecule has 4 aromatic rings. The zero-order valence-corrected chi connectivity index (χ0v) is 27.8. The van der Waals surface area contributed by atoms with Gasteiger partial charge in [-0.05, 0) is 79.4 Å². The van der Waals surface area contributed by atoms with Crippen LogP contribution in [0.3, 0.4) is 0 Å². The number of carbonyl (C=O) groups excluding carboxylic acids is 1. The minimum atomic E-state index is -4.40. The van der Waals surface area contributed by atoms with Crippen molar-refractivity contribution in [1.29, 1.82) is 0 Å². The Kier molecular flexibility index (Phi) is 8.86. The average molecular weight is 665 g/mol. The van der Waals surface area contributed by atoms with Crippen LogP contribution in [0.1, 0.15) is 55.3 Å². The Bertz CT molecular complexity index is 1830. The number of likely N-dealkylation sites (tertiary alicyclic amines) is 1. The Morgan fingerprint density at radius 3 is 2.52 bits per heavy atom. The van der Waals surface area contributed by atoms with E-state index in [0.717, 1.165) is 22.8 Å². The van der Waals surface area contributed by atoms with E-state index >= 15 is 4.79 Å². The van der Waals surface area contributed by atoms with E-state index in [9.17, 15) is 8.42 Å². The molecule has 6 rings (SSSR count). The molecule has 0 bridgehead atoms. The van der Waals surface area contributed by atoms with Crippen LogP contribution in [0, 0.1) is 5.92 Å². The molecule has 46 heavy (non-hydrogen) atoms. The fourth-order valence-corrected chi connectivity index (χ4v) is 8.24. The van der Waals surface area contributed by atoms with Gasteiger partial charge in [0.2, 0.25) is 5.89 Å². The molecule has 0 radical (unpaired) electrons. The van der Waals surface area contributed by atoms with Gasteiger partial charge >= 0.3 is 0 Å². The van der Waals surface area contributed by atoms with Crippen LogP contribution in [0.2, 0.25) is 5.02 Å². The minimum Gasteiger partial charge on any atom is -0.497 e. The number of sulfonamides is 1. The molecule has 0 aliphatic carbocycles. The Morgan fingerprint density at radius 2 is 1.85 bits per heavy atom. The summed E-state index contributed by atoms with van der Waals surface area (Å²) in [5.41, 5.74) is 0.464. The van der Waals surface area contributed by atoms with E-state index in [-0.39, 0.29) is 10.6 Å². The summed E-state index contributed by atoms with van der Waals surface area (Å²) < 4.78 is 46.9. The molecule has 1 saturated heterocycles. The van der Waals surface area contributed by atoms with Crippen LogP contribution in [0.15, 0.2) is 82.4 Å². The number of nitrogens with one attached hydrogen (secondary N) is 1. The Hall–Kier alpha value is -3.90. The highest BCUT2D eigenvalue weighted by molar-refractivity contribution is 7.93. The summed E-state index contributed by atoms with van der Waals surface area (Å²) in [7, 11) is -1.34. The van der Waals surface area contributed by atoms with Gasteiger partial charge in [-0.15, -0.1) is 0 Å². The zero-order chi connectivity index (χ0) is 32.6. The van der Waals surface area contributed by atoms with Crippen LogP contribution in [0.5, 0.6) is 11.5 Å². The van der Waals surface area contributed by atoms with Crippen LogP contribution in [0.4, 0.5) is 5.69 Å². The van der Waals surface area contributed by atoms with Crippen LogP contribution >= 0.6 is 11.6 Å². The van der Waals surface area contributed by atoms with Crippen molar-refractivity contribution in [3.05, 3.63) is 101 Å². The molecule has 0 spiro atoms. The highest BCUT2D eigenvalue weighted by atomic mass is 35.5. The second kappa shape index (κ2) is 12.7. The Labute approximate surface area is 274 Å². The topological polar surface area (TPSA) is 114 Å². The summed E-state index contributed by atoms with van der Waals surface area (Å²) in [6.45, 7) is 6.17. The number of amides is 1. The Balaban J connectivity index is 1.59. The molecule has 1 fully saturated rings. The first-order chi connectivity index (χ1) is 22.1. The number of methoxy groups -OCH3 is 2. The Morgan fingerprint density at radius 1 is 1.07 bits per heavy atom. The van der Waals surface area contributed by atoms with Crippen molar-refractivity contribution in [3.8, 4) is 11.5 Å². The molecule has 1 amide bonds. The number of hydrogen-bond donors (Lipinski definition) is 1. The largest absolute Gasteiger partial charge is 0.497 e. The standard InChI is InChI=1S/C34H37ClN4O6S/c1-22(2)20-36-21-23-7-13-27(31(18-23)44-4)34(38-16-5-6-30(38)32-37-15-17-45-32)28-19-24(35)8-14-29(28)39(33(34)40)46(41,42)26-11-9-25(43-3)10-12-26/h7-15,17-19,22,30,36H,5-6,16,20-21H2,1-4H3. The molecule has 10 nitrogen and oxygen atoms in total. The molecule has 2 unspecified atom stereocenters. The van der Waals surface area contributed by atoms with Gasteiger partial charge < -0.3 is 19.2 Å². The lowest BCUT2D eigenvalue weighted by molar-refractivity contribution is -0.127. The van der Waals surface area contributed by atoms with Gasteiger partial charge in [0, 0.05) is 29.2 Å². The summed E-state index contributed by atoms with van der Waals surface area (Å²) in [6.07, 6.45) is 4.44. The van der Waals surface area contributed by atoms with Crippen molar-refractivity contribution in [2.24, 2.45) is 5.92 Å². The molecule has 3 heterocycles. The quantitative estimate of drug-likeness (QED) is 0.209. The lowest BCUT2D eigenvalue weighted by Crippen LogP contribution is -2.54. The van der Waals surface area contributed by atoms with E-state index in [2.05, 4.69) is 24.1 Å². The van der Waals surface area contributed by atoms with Crippen molar-refractivity contribution in [2.45, 2.75) is 49.7 Å². The molecule has 12 heteroatoms. The van der Waals surface area contributed by atoms with Crippen molar-refractivity contribution in [2.75, 3.05) is 31.6 Å². The molecule has 2 aliphatic rings. The summed E-state index contributed by atoms with van der Waals surface area (Å²) in [4.78, 5) is 21.8. The predicted molar refractivity (Wildman–Crippen MR) is 175 cm³/mol. The summed E-state index contributed by atoms with van der Waals surface area (Å²) in [6, 6.07) is 16.1. The lowest BCUT2D eigenvalue weighted by atomic mass is 9.80. The second-order valence-corrected chi connectivity index (χ2v) is 14.1. The monoisotopic (exact) mass is 664 g/mol. The fraction of sp³-hybridized carbons (Fsp3) is 0.353. The molecule has 0 saturated carbocycles. The highest BCUT2D eigenvalue weighted by Crippen LogP contribution is 2.56.